The molecule has 280 valence electrons. The average molecular weight is 730 g/mol. The van der Waals surface area contributed by atoms with Crippen molar-refractivity contribution in [1.29, 1.82) is 5.26 Å². The highest BCUT2D eigenvalue weighted by Crippen LogP contribution is 2.63. The van der Waals surface area contributed by atoms with Crippen molar-refractivity contribution in [2.75, 3.05) is 25.6 Å². The van der Waals surface area contributed by atoms with Crippen LogP contribution in [0.25, 0.3) is 5.52 Å². The second-order valence-electron chi connectivity index (χ2n) is 13.5. The number of ether oxygens (including phenoxy) is 3. The van der Waals surface area contributed by atoms with Gasteiger partial charge in [-0.1, -0.05) is 108 Å². The molecule has 1 aliphatic carbocycles. The summed E-state index contributed by atoms with van der Waals surface area (Å²) in [6, 6.07) is 14.6. The van der Waals surface area contributed by atoms with Gasteiger partial charge >= 0.3 is 7.82 Å². The maximum atomic E-state index is 13.1. The second-order valence-corrected chi connectivity index (χ2v) is 14.9. The van der Waals surface area contributed by atoms with Gasteiger partial charge in [-0.3, -0.25) is 9.05 Å². The predicted molar refractivity (Wildman–Crippen MR) is 188 cm³/mol. The average Bonchev–Trinajstić information content (AvgIpc) is 3.37. The highest BCUT2D eigenvalue weighted by Gasteiger charge is 2.83. The summed E-state index contributed by atoms with van der Waals surface area (Å²) in [7, 11) is -4.79. The first-order chi connectivity index (χ1) is 24.7. The Morgan fingerprint density at radius 1 is 1.02 bits per heavy atom. The number of hydrogen-bond acceptors (Lipinski definition) is 12. The number of rotatable bonds is 24. The lowest BCUT2D eigenvalue weighted by Gasteiger charge is -2.29. The Bertz CT molecular complexity index is 1620. The molecule has 15 heteroatoms. The van der Waals surface area contributed by atoms with Crippen LogP contribution in [0.1, 0.15) is 95.2 Å². The first kappa shape index (κ1) is 39.3. The zero-order chi connectivity index (χ0) is 36.3. The summed E-state index contributed by atoms with van der Waals surface area (Å²) < 4.78 is 42.7. The van der Waals surface area contributed by atoms with Crippen LogP contribution in [0.15, 0.2) is 48.8 Å². The van der Waals surface area contributed by atoms with Gasteiger partial charge in [0.1, 0.15) is 42.3 Å². The van der Waals surface area contributed by atoms with Crippen molar-refractivity contribution in [2.45, 2.75) is 126 Å². The lowest BCUT2D eigenvalue weighted by atomic mass is 9.90. The monoisotopic (exact) mass is 729 g/mol. The fourth-order valence-corrected chi connectivity index (χ4v) is 7.66. The van der Waals surface area contributed by atoms with Crippen molar-refractivity contribution in [2.24, 2.45) is 0 Å². The number of benzene rings is 1. The highest BCUT2D eigenvalue weighted by molar-refractivity contribution is 7.47. The van der Waals surface area contributed by atoms with Gasteiger partial charge in [0, 0.05) is 6.61 Å². The van der Waals surface area contributed by atoms with Gasteiger partial charge in [-0.15, -0.1) is 0 Å². The fourth-order valence-electron chi connectivity index (χ4n) is 6.68. The summed E-state index contributed by atoms with van der Waals surface area (Å²) in [6.45, 7) is 2.78. The zero-order valence-electron chi connectivity index (χ0n) is 29.3. The molecular formula is C36H52N5O9P. The third-order valence-corrected chi connectivity index (χ3v) is 10.6. The lowest BCUT2D eigenvalue weighted by Crippen LogP contribution is -2.47. The molecule has 2 unspecified atom stereocenters. The molecule has 0 radical (unpaired) electrons. The molecule has 5 rings (SSSR count). The number of unbranched alkanes of at least 4 members (excludes halogenated alkanes) is 11. The molecule has 1 aliphatic heterocycles. The Labute approximate surface area is 299 Å². The number of aliphatic hydroxyl groups excluding tert-OH is 1. The maximum absolute atomic E-state index is 13.1. The molecule has 14 nitrogen and oxygen atoms in total. The van der Waals surface area contributed by atoms with Crippen molar-refractivity contribution in [3.63, 3.8) is 0 Å². The van der Waals surface area contributed by atoms with Crippen LogP contribution < -0.4 is 5.73 Å². The number of nitrogen functional groups attached to an aromatic ring is 1. The normalized spacial score (nSPS) is 25.7. The number of phosphoric acid groups is 1. The van der Waals surface area contributed by atoms with Gasteiger partial charge in [-0.2, -0.15) is 10.4 Å². The smallest absolute Gasteiger partial charge is 0.385 e. The lowest BCUT2D eigenvalue weighted by molar-refractivity contribution is -0.107. The number of aromatic nitrogens is 3. The van der Waals surface area contributed by atoms with E-state index in [1.165, 1.54) is 74.7 Å². The molecule has 5 N–H and O–H groups in total. The van der Waals surface area contributed by atoms with Crippen LogP contribution in [0.4, 0.5) is 5.82 Å². The number of phosphoric ester groups is 1. The molecular weight excluding hydrogens is 677 g/mol. The van der Waals surface area contributed by atoms with Crippen molar-refractivity contribution in [3.8, 4) is 6.07 Å². The van der Waals surface area contributed by atoms with E-state index in [2.05, 4.69) is 17.0 Å². The van der Waals surface area contributed by atoms with Gasteiger partial charge < -0.3 is 35.1 Å². The van der Waals surface area contributed by atoms with Crippen LogP contribution in [0.5, 0.6) is 0 Å². The number of aliphatic hydroxyl groups is 2. The van der Waals surface area contributed by atoms with E-state index in [1.807, 2.05) is 36.4 Å². The van der Waals surface area contributed by atoms with Crippen molar-refractivity contribution in [1.82, 2.24) is 14.6 Å². The van der Waals surface area contributed by atoms with Crippen molar-refractivity contribution >= 4 is 19.2 Å². The van der Waals surface area contributed by atoms with Crippen molar-refractivity contribution in [3.05, 3.63) is 60.0 Å². The molecule has 1 saturated carbocycles. The molecule has 3 heterocycles. The Morgan fingerprint density at radius 2 is 1.69 bits per heavy atom. The first-order valence-electron chi connectivity index (χ1n) is 18.1. The van der Waals surface area contributed by atoms with Gasteiger partial charge in [-0.25, -0.2) is 14.1 Å². The van der Waals surface area contributed by atoms with Gasteiger partial charge in [0.2, 0.25) is 5.60 Å². The van der Waals surface area contributed by atoms with Crippen molar-refractivity contribution < 1.29 is 42.9 Å². The maximum Gasteiger partial charge on any atom is 0.472 e. The fraction of sp³-hybridized carbons (Fsp3) is 0.639. The molecule has 2 aliphatic rings. The van der Waals surface area contributed by atoms with Gasteiger partial charge in [0.05, 0.1) is 25.5 Å². The number of nitrogens with zero attached hydrogens (tertiary/aromatic N) is 4. The van der Waals surface area contributed by atoms with E-state index >= 15 is 0 Å². The van der Waals surface area contributed by atoms with E-state index in [0.29, 0.717) is 18.7 Å². The standard InChI is InChI=1S/C36H52N5O9P/c1-2-3-4-5-6-7-8-9-10-11-12-16-21-47-28(23-46-22-27-17-14-13-15-18-27)24-48-51(44,45)50-32-31-36(32,43)34(42)35(25-37,49-31)30-20-19-29-33(38)39-26-40-41(29)30/h13-15,17-20,26,28,31-32,34,42-43H,2-12,16,21-24H2,1H3,(H,44,45)(H2,38,39,40)/t28-,31-,32?,34+,35+,36+/m1/s1. The van der Waals surface area contributed by atoms with Crippen LogP contribution in [-0.2, 0) is 40.0 Å². The molecule has 2 fully saturated rings. The highest BCUT2D eigenvalue weighted by atomic mass is 31.2. The van der Waals surface area contributed by atoms with Gasteiger partial charge in [-0.05, 0) is 24.1 Å². The van der Waals surface area contributed by atoms with E-state index in [0.717, 1.165) is 24.8 Å². The molecule has 0 amide bonds. The third-order valence-electron chi connectivity index (χ3n) is 9.68. The van der Waals surface area contributed by atoms with Crippen LogP contribution >= 0.6 is 7.82 Å². The molecule has 1 aromatic carbocycles. The third kappa shape index (κ3) is 9.53. The molecule has 0 bridgehead atoms. The molecule has 0 spiro atoms. The van der Waals surface area contributed by atoms with Gasteiger partial charge in [0.15, 0.2) is 11.4 Å². The van der Waals surface area contributed by atoms with E-state index in [-0.39, 0.29) is 24.7 Å². The molecule has 2 aromatic heterocycles. The Kier molecular flexibility index (Phi) is 14.0. The quantitative estimate of drug-likeness (QED) is 0.0680. The molecule has 51 heavy (non-hydrogen) atoms. The first-order valence-corrected chi connectivity index (χ1v) is 19.6. The van der Waals surface area contributed by atoms with E-state index in [4.69, 9.17) is 29.0 Å². The number of nitriles is 1. The topological polar surface area (TPSA) is 204 Å². The van der Waals surface area contributed by atoms with Crippen LogP contribution in [-0.4, -0.2) is 79.5 Å². The van der Waals surface area contributed by atoms with Gasteiger partial charge in [0.25, 0.3) is 0 Å². The summed E-state index contributed by atoms with van der Waals surface area (Å²) in [4.78, 5) is 14.5. The zero-order valence-corrected chi connectivity index (χ0v) is 30.2. The predicted octanol–water partition coefficient (Wildman–Crippen LogP) is 5.34. The summed E-state index contributed by atoms with van der Waals surface area (Å²) in [6.07, 6.45) is 10.5. The minimum atomic E-state index is -4.79. The van der Waals surface area contributed by atoms with Crippen LogP contribution in [0.3, 0.4) is 0 Å². The minimum Gasteiger partial charge on any atom is -0.385 e. The Morgan fingerprint density at radius 3 is 2.31 bits per heavy atom. The number of anilines is 1. The molecule has 3 aromatic rings. The number of hydrogen-bond donors (Lipinski definition) is 4. The molecule has 7 atom stereocenters. The summed E-state index contributed by atoms with van der Waals surface area (Å²) >= 11 is 0. The van der Waals surface area contributed by atoms with E-state index in [9.17, 15) is 24.9 Å². The van der Waals surface area contributed by atoms with E-state index in [1.54, 1.807) is 6.07 Å². The Balaban J connectivity index is 1.08. The number of nitrogens with two attached hydrogens (primary N) is 1. The summed E-state index contributed by atoms with van der Waals surface area (Å²) in [5, 5.41) is 36.7. The Hall–Kier alpha value is -2.96. The SMILES string of the molecule is CCCCCCCCCCCCCCO[C@H](COCc1ccccc1)COP(=O)(O)OC1[C@H]2O[C@@](C#N)(c3ccc4c(N)ncnn34)[C@H](O)[C@@]12O. The summed E-state index contributed by atoms with van der Waals surface area (Å²) in [5.74, 6) is 0.141. The largest absolute Gasteiger partial charge is 0.472 e. The molecule has 1 saturated heterocycles. The van der Waals surface area contributed by atoms with E-state index < -0.39 is 43.4 Å². The minimum absolute atomic E-state index is 0.105. The van der Waals surface area contributed by atoms with Crippen LogP contribution in [0, 0.1) is 11.3 Å². The second kappa shape index (κ2) is 18.2. The summed E-state index contributed by atoms with van der Waals surface area (Å²) in [5.41, 5.74) is 3.13. The number of fused-ring (bicyclic) bond motifs is 2. The van der Waals surface area contributed by atoms with Crippen LogP contribution in [0.2, 0.25) is 0 Å².